The Hall–Kier alpha value is -2.05. The van der Waals surface area contributed by atoms with Gasteiger partial charge >= 0.3 is 0 Å². The summed E-state index contributed by atoms with van der Waals surface area (Å²) in [5.74, 6) is -0.160. The SMILES string of the molecule is CCCN(CCCC=Cc1ccc(O)c(O)c1)C1CCc2nc(N)sc2C1. The van der Waals surface area contributed by atoms with Crippen LogP contribution in [0, 0.1) is 0 Å². The van der Waals surface area contributed by atoms with Crippen LogP contribution in [0.5, 0.6) is 11.5 Å². The van der Waals surface area contributed by atoms with Crippen molar-refractivity contribution < 1.29 is 10.2 Å². The Morgan fingerprint density at radius 2 is 2.15 bits per heavy atom. The highest BCUT2D eigenvalue weighted by molar-refractivity contribution is 7.15. The van der Waals surface area contributed by atoms with E-state index in [1.807, 2.05) is 6.08 Å². The number of nitrogen functional groups attached to an aromatic ring is 1. The predicted molar refractivity (Wildman–Crippen MR) is 112 cm³/mol. The molecule has 1 aromatic carbocycles. The third-order valence-corrected chi connectivity index (χ3v) is 6.03. The van der Waals surface area contributed by atoms with Gasteiger partial charge in [0.1, 0.15) is 0 Å². The molecule has 6 heteroatoms. The second-order valence-corrected chi connectivity index (χ2v) is 8.26. The summed E-state index contributed by atoms with van der Waals surface area (Å²) in [6, 6.07) is 5.49. The molecule has 1 aromatic heterocycles. The standard InChI is InChI=1S/C21H29N3O2S/c1-2-11-24(16-8-9-17-20(14-16)27-21(22)23-17)12-5-3-4-6-15-7-10-18(25)19(26)13-15/h4,6-7,10,13,16,25-26H,2-3,5,8-9,11-12,14H2,1H3,(H2,22,23). The molecule has 1 atom stereocenters. The summed E-state index contributed by atoms with van der Waals surface area (Å²) >= 11 is 1.65. The number of nitrogens with two attached hydrogens (primary N) is 1. The van der Waals surface area contributed by atoms with Gasteiger partial charge in [0.2, 0.25) is 0 Å². The highest BCUT2D eigenvalue weighted by atomic mass is 32.1. The van der Waals surface area contributed by atoms with Gasteiger partial charge in [-0.2, -0.15) is 0 Å². The van der Waals surface area contributed by atoms with Crippen LogP contribution < -0.4 is 5.73 Å². The number of unbranched alkanes of at least 4 members (excludes halogenated alkanes) is 1. The molecule has 27 heavy (non-hydrogen) atoms. The van der Waals surface area contributed by atoms with Crippen molar-refractivity contribution in [3.63, 3.8) is 0 Å². The summed E-state index contributed by atoms with van der Waals surface area (Å²) < 4.78 is 0. The summed E-state index contributed by atoms with van der Waals surface area (Å²) in [7, 11) is 0. The minimum Gasteiger partial charge on any atom is -0.504 e. The molecule has 0 spiro atoms. The summed E-state index contributed by atoms with van der Waals surface area (Å²) in [6.07, 6.45) is 10.7. The molecule has 0 fully saturated rings. The van der Waals surface area contributed by atoms with Gasteiger partial charge < -0.3 is 20.8 Å². The predicted octanol–water partition coefficient (Wildman–Crippen LogP) is 4.20. The summed E-state index contributed by atoms with van der Waals surface area (Å²) in [5.41, 5.74) is 7.99. The van der Waals surface area contributed by atoms with Crippen molar-refractivity contribution in [1.29, 1.82) is 0 Å². The van der Waals surface area contributed by atoms with Crippen molar-refractivity contribution in [3.05, 3.63) is 40.4 Å². The second-order valence-electron chi connectivity index (χ2n) is 7.15. The fourth-order valence-electron chi connectivity index (χ4n) is 3.73. The first-order valence-electron chi connectivity index (χ1n) is 9.73. The van der Waals surface area contributed by atoms with Gasteiger partial charge in [-0.15, -0.1) is 11.3 Å². The number of phenolic OH excluding ortho intramolecular Hbond substituents is 2. The molecule has 1 aliphatic rings. The Morgan fingerprint density at radius 1 is 1.30 bits per heavy atom. The van der Waals surface area contributed by atoms with Crippen molar-refractivity contribution >= 4 is 22.5 Å². The van der Waals surface area contributed by atoms with Crippen molar-refractivity contribution in [2.75, 3.05) is 18.8 Å². The molecule has 146 valence electrons. The molecule has 2 aromatic rings. The van der Waals surface area contributed by atoms with E-state index in [1.54, 1.807) is 23.5 Å². The average Bonchev–Trinajstić information content (AvgIpc) is 3.02. The van der Waals surface area contributed by atoms with E-state index >= 15 is 0 Å². The molecule has 0 saturated heterocycles. The van der Waals surface area contributed by atoms with Crippen LogP contribution in [0.15, 0.2) is 24.3 Å². The fraction of sp³-hybridized carbons (Fsp3) is 0.476. The Labute approximate surface area is 165 Å². The molecule has 1 aliphatic carbocycles. The highest BCUT2D eigenvalue weighted by Gasteiger charge is 2.26. The number of nitrogens with zero attached hydrogens (tertiary/aromatic N) is 2. The Morgan fingerprint density at radius 3 is 2.93 bits per heavy atom. The number of aryl methyl sites for hydroxylation is 1. The van der Waals surface area contributed by atoms with Crippen LogP contribution in [-0.4, -0.2) is 39.2 Å². The number of fused-ring (bicyclic) bond motifs is 1. The lowest BCUT2D eigenvalue weighted by Crippen LogP contribution is -2.40. The topological polar surface area (TPSA) is 82.6 Å². The van der Waals surface area contributed by atoms with Crippen LogP contribution in [0.4, 0.5) is 5.13 Å². The number of benzene rings is 1. The van der Waals surface area contributed by atoms with E-state index in [0.717, 1.165) is 50.8 Å². The third-order valence-electron chi connectivity index (χ3n) is 5.08. The largest absolute Gasteiger partial charge is 0.504 e. The minimum absolute atomic E-state index is 0.0772. The van der Waals surface area contributed by atoms with Crippen molar-refractivity contribution in [3.8, 4) is 11.5 Å². The maximum atomic E-state index is 9.55. The molecule has 0 radical (unpaired) electrons. The summed E-state index contributed by atoms with van der Waals surface area (Å²) in [5, 5.41) is 19.6. The van der Waals surface area contributed by atoms with Gasteiger partial charge in [-0.25, -0.2) is 4.98 Å². The highest BCUT2D eigenvalue weighted by Crippen LogP contribution is 2.30. The molecular formula is C21H29N3O2S. The van der Waals surface area contributed by atoms with Gasteiger partial charge in [0.05, 0.1) is 5.69 Å². The zero-order valence-electron chi connectivity index (χ0n) is 15.9. The zero-order valence-corrected chi connectivity index (χ0v) is 16.7. The van der Waals surface area contributed by atoms with Crippen molar-refractivity contribution in [2.24, 2.45) is 0 Å². The number of allylic oxidation sites excluding steroid dienone is 1. The second kappa shape index (κ2) is 9.24. The minimum atomic E-state index is -0.0827. The van der Waals surface area contributed by atoms with Crippen LogP contribution in [0.1, 0.15) is 48.7 Å². The fourth-order valence-corrected chi connectivity index (χ4v) is 4.68. The first-order valence-corrected chi connectivity index (χ1v) is 10.5. The van der Waals surface area contributed by atoms with E-state index in [4.69, 9.17) is 5.73 Å². The monoisotopic (exact) mass is 387 g/mol. The molecule has 0 aliphatic heterocycles. The number of aromatic hydroxyl groups is 2. The first-order chi connectivity index (χ1) is 13.1. The van der Waals surface area contributed by atoms with Crippen LogP contribution in [-0.2, 0) is 12.8 Å². The van der Waals surface area contributed by atoms with E-state index < -0.39 is 0 Å². The van der Waals surface area contributed by atoms with Crippen molar-refractivity contribution in [1.82, 2.24) is 9.88 Å². The van der Waals surface area contributed by atoms with E-state index in [2.05, 4.69) is 22.9 Å². The van der Waals surface area contributed by atoms with Crippen LogP contribution >= 0.6 is 11.3 Å². The van der Waals surface area contributed by atoms with Crippen LogP contribution in [0.3, 0.4) is 0 Å². The number of aromatic nitrogens is 1. The van der Waals surface area contributed by atoms with Gasteiger partial charge in [-0.05, 0) is 69.3 Å². The van der Waals surface area contributed by atoms with Gasteiger partial charge in [0, 0.05) is 10.9 Å². The average molecular weight is 388 g/mol. The first kappa shape index (κ1) is 19.7. The van der Waals surface area contributed by atoms with E-state index in [0.29, 0.717) is 11.2 Å². The Bertz CT molecular complexity index is 788. The quantitative estimate of drug-likeness (QED) is 0.467. The number of anilines is 1. The van der Waals surface area contributed by atoms with Crippen LogP contribution in [0.2, 0.25) is 0 Å². The Balaban J connectivity index is 1.50. The lowest BCUT2D eigenvalue weighted by molar-refractivity contribution is 0.178. The normalized spacial score (nSPS) is 16.9. The summed E-state index contributed by atoms with van der Waals surface area (Å²) in [6.45, 7) is 4.46. The molecule has 3 rings (SSSR count). The Kier molecular flexibility index (Phi) is 6.74. The molecule has 0 bridgehead atoms. The number of phenols is 2. The number of thiazole rings is 1. The van der Waals surface area contributed by atoms with Gasteiger partial charge in [0.25, 0.3) is 0 Å². The van der Waals surface area contributed by atoms with Gasteiger partial charge in [-0.1, -0.05) is 25.1 Å². The number of rotatable bonds is 8. The molecular weight excluding hydrogens is 358 g/mol. The molecule has 0 amide bonds. The van der Waals surface area contributed by atoms with Crippen LogP contribution in [0.25, 0.3) is 6.08 Å². The van der Waals surface area contributed by atoms with Gasteiger partial charge in [-0.3, -0.25) is 0 Å². The van der Waals surface area contributed by atoms with Crippen molar-refractivity contribution in [2.45, 2.75) is 51.5 Å². The van der Waals surface area contributed by atoms with E-state index in [1.165, 1.54) is 23.1 Å². The maximum Gasteiger partial charge on any atom is 0.180 e. The number of hydrogen-bond acceptors (Lipinski definition) is 6. The van der Waals surface area contributed by atoms with E-state index in [9.17, 15) is 10.2 Å². The van der Waals surface area contributed by atoms with E-state index in [-0.39, 0.29) is 11.5 Å². The lowest BCUT2D eigenvalue weighted by atomic mass is 9.96. The molecule has 1 heterocycles. The zero-order chi connectivity index (χ0) is 19.2. The molecule has 0 saturated carbocycles. The summed E-state index contributed by atoms with van der Waals surface area (Å²) in [4.78, 5) is 8.45. The maximum absolute atomic E-state index is 9.55. The molecule has 5 nitrogen and oxygen atoms in total. The van der Waals surface area contributed by atoms with Gasteiger partial charge in [0.15, 0.2) is 16.6 Å². The molecule has 4 N–H and O–H groups in total. The smallest absolute Gasteiger partial charge is 0.180 e. The number of hydrogen-bond donors (Lipinski definition) is 3. The lowest BCUT2D eigenvalue weighted by Gasteiger charge is -2.33. The molecule has 1 unspecified atom stereocenters. The third kappa shape index (κ3) is 5.23.